The summed E-state index contributed by atoms with van der Waals surface area (Å²) >= 11 is 4.73. The second-order valence-corrected chi connectivity index (χ2v) is 4.47. The highest BCUT2D eigenvalue weighted by Gasteiger charge is 2.04. The summed E-state index contributed by atoms with van der Waals surface area (Å²) in [7, 11) is 0. The summed E-state index contributed by atoms with van der Waals surface area (Å²) in [6, 6.07) is 7.90. The van der Waals surface area contributed by atoms with Crippen molar-refractivity contribution in [2.24, 2.45) is 5.73 Å². The standard InChI is InChI=1S/C9H8BrN3S/c10-7-3-1-6(2-4-7)9-12-8(5-11)14-13-9/h1-4H,5,11H2. The number of hydrogen-bond donors (Lipinski definition) is 1. The van der Waals surface area contributed by atoms with Crippen molar-refractivity contribution in [1.29, 1.82) is 0 Å². The van der Waals surface area contributed by atoms with Gasteiger partial charge in [-0.15, -0.1) is 0 Å². The number of nitrogens with two attached hydrogens (primary N) is 1. The van der Waals surface area contributed by atoms with Crippen LogP contribution >= 0.6 is 27.5 Å². The molecule has 0 radical (unpaired) electrons. The monoisotopic (exact) mass is 269 g/mol. The van der Waals surface area contributed by atoms with Crippen LogP contribution in [0.1, 0.15) is 5.01 Å². The van der Waals surface area contributed by atoms with E-state index in [1.807, 2.05) is 24.3 Å². The summed E-state index contributed by atoms with van der Waals surface area (Å²) in [5, 5.41) is 0.864. The summed E-state index contributed by atoms with van der Waals surface area (Å²) in [6.07, 6.45) is 0. The minimum Gasteiger partial charge on any atom is -0.324 e. The number of nitrogens with zero attached hydrogens (tertiary/aromatic N) is 2. The van der Waals surface area contributed by atoms with Crippen molar-refractivity contribution in [1.82, 2.24) is 9.36 Å². The van der Waals surface area contributed by atoms with Gasteiger partial charge in [0.15, 0.2) is 5.82 Å². The zero-order valence-corrected chi connectivity index (χ0v) is 9.68. The molecule has 2 aromatic rings. The predicted octanol–water partition coefficient (Wildman–Crippen LogP) is 2.43. The van der Waals surface area contributed by atoms with Gasteiger partial charge in [0, 0.05) is 16.6 Å². The molecule has 72 valence electrons. The molecule has 0 aliphatic rings. The zero-order valence-electron chi connectivity index (χ0n) is 7.27. The highest BCUT2D eigenvalue weighted by atomic mass is 79.9. The third-order valence-electron chi connectivity index (χ3n) is 1.75. The minimum atomic E-state index is 0.453. The van der Waals surface area contributed by atoms with E-state index in [-0.39, 0.29) is 0 Å². The van der Waals surface area contributed by atoms with Gasteiger partial charge in [-0.3, -0.25) is 0 Å². The lowest BCUT2D eigenvalue weighted by Crippen LogP contribution is -1.94. The van der Waals surface area contributed by atoms with E-state index in [0.717, 1.165) is 20.9 Å². The molecule has 0 unspecified atom stereocenters. The highest BCUT2D eigenvalue weighted by Crippen LogP contribution is 2.20. The molecule has 0 spiro atoms. The van der Waals surface area contributed by atoms with Crippen LogP contribution in [-0.2, 0) is 6.54 Å². The molecule has 14 heavy (non-hydrogen) atoms. The predicted molar refractivity (Wildman–Crippen MR) is 60.9 cm³/mol. The lowest BCUT2D eigenvalue weighted by molar-refractivity contribution is 1.04. The summed E-state index contributed by atoms with van der Waals surface area (Å²) < 4.78 is 5.27. The summed E-state index contributed by atoms with van der Waals surface area (Å²) in [6.45, 7) is 0.453. The molecule has 1 heterocycles. The lowest BCUT2D eigenvalue weighted by atomic mass is 10.2. The average molecular weight is 270 g/mol. The average Bonchev–Trinajstić information content (AvgIpc) is 2.67. The molecule has 0 amide bonds. The first-order valence-corrected chi connectivity index (χ1v) is 5.65. The van der Waals surface area contributed by atoms with Gasteiger partial charge >= 0.3 is 0 Å². The van der Waals surface area contributed by atoms with E-state index < -0.39 is 0 Å². The Morgan fingerprint density at radius 2 is 2.00 bits per heavy atom. The van der Waals surface area contributed by atoms with E-state index in [4.69, 9.17) is 5.73 Å². The first-order valence-electron chi connectivity index (χ1n) is 4.08. The fraction of sp³-hybridized carbons (Fsp3) is 0.111. The topological polar surface area (TPSA) is 51.8 Å². The fourth-order valence-electron chi connectivity index (χ4n) is 1.05. The Labute approximate surface area is 94.3 Å². The summed E-state index contributed by atoms with van der Waals surface area (Å²) in [4.78, 5) is 4.30. The number of halogens is 1. The SMILES string of the molecule is NCc1nc(-c2ccc(Br)cc2)ns1. The van der Waals surface area contributed by atoms with Gasteiger partial charge in [-0.25, -0.2) is 4.98 Å². The second-order valence-electron chi connectivity index (χ2n) is 2.72. The molecule has 0 aliphatic carbocycles. The van der Waals surface area contributed by atoms with E-state index in [1.54, 1.807) is 0 Å². The van der Waals surface area contributed by atoms with Crippen LogP contribution in [0.5, 0.6) is 0 Å². The minimum absolute atomic E-state index is 0.453. The van der Waals surface area contributed by atoms with Gasteiger partial charge in [0.05, 0.1) is 0 Å². The van der Waals surface area contributed by atoms with Gasteiger partial charge in [0.1, 0.15) is 5.01 Å². The second kappa shape index (κ2) is 4.16. The molecule has 2 rings (SSSR count). The van der Waals surface area contributed by atoms with E-state index in [0.29, 0.717) is 6.54 Å². The molecular formula is C9H8BrN3S. The summed E-state index contributed by atoms with van der Waals surface area (Å²) in [5.41, 5.74) is 6.48. The normalized spacial score (nSPS) is 10.4. The molecule has 0 atom stereocenters. The van der Waals surface area contributed by atoms with Crippen molar-refractivity contribution in [2.75, 3.05) is 0 Å². The smallest absolute Gasteiger partial charge is 0.173 e. The Morgan fingerprint density at radius 1 is 1.29 bits per heavy atom. The maximum atomic E-state index is 5.47. The van der Waals surface area contributed by atoms with Gasteiger partial charge in [-0.2, -0.15) is 4.37 Å². The molecule has 0 fully saturated rings. The zero-order chi connectivity index (χ0) is 9.97. The van der Waals surface area contributed by atoms with E-state index in [9.17, 15) is 0 Å². The lowest BCUT2D eigenvalue weighted by Gasteiger charge is -1.94. The van der Waals surface area contributed by atoms with Crippen LogP contribution in [0.25, 0.3) is 11.4 Å². The first kappa shape index (κ1) is 9.76. The van der Waals surface area contributed by atoms with Crippen LogP contribution in [-0.4, -0.2) is 9.36 Å². The van der Waals surface area contributed by atoms with Crippen molar-refractivity contribution < 1.29 is 0 Å². The third-order valence-corrected chi connectivity index (χ3v) is 3.01. The summed E-state index contributed by atoms with van der Waals surface area (Å²) in [5.74, 6) is 0.753. The Hall–Kier alpha value is -0.780. The van der Waals surface area contributed by atoms with E-state index >= 15 is 0 Å². The van der Waals surface area contributed by atoms with Gasteiger partial charge in [-0.05, 0) is 23.7 Å². The molecular weight excluding hydrogens is 262 g/mol. The van der Waals surface area contributed by atoms with Crippen molar-refractivity contribution in [3.63, 3.8) is 0 Å². The number of benzene rings is 1. The number of rotatable bonds is 2. The highest BCUT2D eigenvalue weighted by molar-refractivity contribution is 9.10. The van der Waals surface area contributed by atoms with Crippen molar-refractivity contribution in [3.8, 4) is 11.4 Å². The molecule has 0 saturated heterocycles. The van der Waals surface area contributed by atoms with E-state index in [1.165, 1.54) is 11.5 Å². The maximum absolute atomic E-state index is 5.47. The fourth-order valence-corrected chi connectivity index (χ4v) is 1.86. The molecule has 5 heteroatoms. The molecule has 0 bridgehead atoms. The van der Waals surface area contributed by atoms with Crippen molar-refractivity contribution in [2.45, 2.75) is 6.54 Å². The van der Waals surface area contributed by atoms with Crippen LogP contribution in [0.2, 0.25) is 0 Å². The van der Waals surface area contributed by atoms with Gasteiger partial charge in [0.2, 0.25) is 0 Å². The number of hydrogen-bond acceptors (Lipinski definition) is 4. The van der Waals surface area contributed by atoms with Crippen LogP contribution in [0.4, 0.5) is 0 Å². The quantitative estimate of drug-likeness (QED) is 0.911. The number of aromatic nitrogens is 2. The molecule has 1 aromatic heterocycles. The first-order chi connectivity index (χ1) is 6.79. The van der Waals surface area contributed by atoms with Gasteiger partial charge in [-0.1, -0.05) is 28.1 Å². The van der Waals surface area contributed by atoms with Crippen LogP contribution in [0, 0.1) is 0 Å². The Morgan fingerprint density at radius 3 is 2.57 bits per heavy atom. The molecule has 3 nitrogen and oxygen atoms in total. The van der Waals surface area contributed by atoms with Gasteiger partial charge in [0.25, 0.3) is 0 Å². The van der Waals surface area contributed by atoms with Crippen LogP contribution < -0.4 is 5.73 Å². The molecule has 0 saturated carbocycles. The molecule has 1 aromatic carbocycles. The third kappa shape index (κ3) is 2.00. The van der Waals surface area contributed by atoms with Crippen LogP contribution in [0.3, 0.4) is 0 Å². The van der Waals surface area contributed by atoms with Crippen molar-refractivity contribution in [3.05, 3.63) is 33.7 Å². The largest absolute Gasteiger partial charge is 0.324 e. The molecule has 0 aliphatic heterocycles. The maximum Gasteiger partial charge on any atom is 0.173 e. The van der Waals surface area contributed by atoms with Crippen LogP contribution in [0.15, 0.2) is 28.7 Å². The van der Waals surface area contributed by atoms with E-state index in [2.05, 4.69) is 25.3 Å². The Balaban J connectivity index is 2.34. The Bertz CT molecular complexity index is 424. The van der Waals surface area contributed by atoms with Crippen molar-refractivity contribution >= 4 is 27.5 Å². The Kier molecular flexibility index (Phi) is 2.90. The van der Waals surface area contributed by atoms with Gasteiger partial charge < -0.3 is 5.73 Å². The molecule has 2 N–H and O–H groups in total.